The predicted octanol–water partition coefficient (Wildman–Crippen LogP) is 3.03. The van der Waals surface area contributed by atoms with Crippen LogP contribution in [0, 0.1) is 12.7 Å². The van der Waals surface area contributed by atoms with Crippen LogP contribution in [0.4, 0.5) is 4.39 Å². The third kappa shape index (κ3) is 3.28. The molecule has 1 amide bonds. The molecule has 0 bridgehead atoms. The molecule has 0 aliphatic heterocycles. The molecule has 8 heteroatoms. The molecule has 3 heterocycles. The lowest BCUT2D eigenvalue weighted by Crippen LogP contribution is -2.27. The van der Waals surface area contributed by atoms with E-state index in [1.54, 1.807) is 23.6 Å². The first kappa shape index (κ1) is 18.0. The van der Waals surface area contributed by atoms with Crippen molar-refractivity contribution in [2.24, 2.45) is 0 Å². The zero-order valence-corrected chi connectivity index (χ0v) is 15.6. The van der Waals surface area contributed by atoms with Crippen molar-refractivity contribution in [3.63, 3.8) is 0 Å². The number of hydrogen-bond acceptors (Lipinski definition) is 4. The number of pyridine rings is 1. The largest absolute Gasteiger partial charge is 0.490 e. The van der Waals surface area contributed by atoms with Gasteiger partial charge in [0.05, 0.1) is 23.3 Å². The number of carbonyl (C=O) groups excluding carboxylic acids is 1. The summed E-state index contributed by atoms with van der Waals surface area (Å²) in [6.07, 6.45) is 2.29. The standard InChI is InChI=1S/C20H20FN5O2/c1-3-28-16-5-4-10-26-18(12(2)23-19(16)26)20(27)22-9-8-17-24-14-7-6-13(21)11-15(14)25-17/h4-7,10-11H,3,8-9H2,1-2H3,(H,22,27)(H,24,25). The third-order valence-electron chi connectivity index (χ3n) is 4.44. The van der Waals surface area contributed by atoms with E-state index in [0.29, 0.717) is 59.2 Å². The zero-order valence-electron chi connectivity index (χ0n) is 15.6. The van der Waals surface area contributed by atoms with Crippen molar-refractivity contribution in [1.82, 2.24) is 24.7 Å². The van der Waals surface area contributed by atoms with Gasteiger partial charge in [-0.2, -0.15) is 0 Å². The minimum absolute atomic E-state index is 0.221. The number of H-pyrrole nitrogens is 1. The van der Waals surface area contributed by atoms with Crippen LogP contribution in [0.3, 0.4) is 0 Å². The van der Waals surface area contributed by atoms with Crippen LogP contribution in [0.1, 0.15) is 28.9 Å². The summed E-state index contributed by atoms with van der Waals surface area (Å²) >= 11 is 0. The highest BCUT2D eigenvalue weighted by Crippen LogP contribution is 2.22. The van der Waals surface area contributed by atoms with Gasteiger partial charge in [-0.05, 0) is 44.2 Å². The zero-order chi connectivity index (χ0) is 19.7. The number of amides is 1. The Morgan fingerprint density at radius 2 is 2.18 bits per heavy atom. The van der Waals surface area contributed by atoms with Crippen molar-refractivity contribution in [2.45, 2.75) is 20.3 Å². The fraction of sp³-hybridized carbons (Fsp3) is 0.250. The summed E-state index contributed by atoms with van der Waals surface area (Å²) < 4.78 is 20.6. The molecule has 0 aliphatic carbocycles. The van der Waals surface area contributed by atoms with Crippen molar-refractivity contribution in [1.29, 1.82) is 0 Å². The lowest BCUT2D eigenvalue weighted by Gasteiger charge is -2.07. The minimum atomic E-state index is -0.314. The van der Waals surface area contributed by atoms with Gasteiger partial charge in [0.1, 0.15) is 17.3 Å². The molecule has 4 aromatic rings. The maximum absolute atomic E-state index is 13.3. The number of nitrogens with one attached hydrogen (secondary N) is 2. The topological polar surface area (TPSA) is 84.3 Å². The van der Waals surface area contributed by atoms with Crippen molar-refractivity contribution < 1.29 is 13.9 Å². The third-order valence-corrected chi connectivity index (χ3v) is 4.44. The number of imidazole rings is 2. The molecule has 3 aromatic heterocycles. The molecule has 144 valence electrons. The monoisotopic (exact) mass is 381 g/mol. The van der Waals surface area contributed by atoms with E-state index in [0.717, 1.165) is 0 Å². The van der Waals surface area contributed by atoms with Gasteiger partial charge in [0.15, 0.2) is 11.4 Å². The number of aromatic nitrogens is 4. The molecule has 2 N–H and O–H groups in total. The van der Waals surface area contributed by atoms with Crippen LogP contribution in [0.2, 0.25) is 0 Å². The van der Waals surface area contributed by atoms with Crippen molar-refractivity contribution in [3.05, 3.63) is 59.6 Å². The maximum atomic E-state index is 13.3. The highest BCUT2D eigenvalue weighted by atomic mass is 19.1. The van der Waals surface area contributed by atoms with E-state index in [1.165, 1.54) is 12.1 Å². The Balaban J connectivity index is 1.49. The molecule has 1 aromatic carbocycles. The van der Waals surface area contributed by atoms with Crippen LogP contribution in [-0.4, -0.2) is 38.4 Å². The molecule has 0 unspecified atom stereocenters. The van der Waals surface area contributed by atoms with Crippen LogP contribution >= 0.6 is 0 Å². The Bertz CT molecular complexity index is 1160. The number of fused-ring (bicyclic) bond motifs is 2. The van der Waals surface area contributed by atoms with Gasteiger partial charge < -0.3 is 15.0 Å². The Kier molecular flexibility index (Phi) is 4.68. The van der Waals surface area contributed by atoms with Crippen LogP contribution in [0.25, 0.3) is 16.7 Å². The second-order valence-corrected chi connectivity index (χ2v) is 6.40. The quantitative estimate of drug-likeness (QED) is 0.538. The average Bonchev–Trinajstić information content (AvgIpc) is 3.21. The molecular weight excluding hydrogens is 361 g/mol. The van der Waals surface area contributed by atoms with E-state index >= 15 is 0 Å². The van der Waals surface area contributed by atoms with Crippen molar-refractivity contribution in [3.8, 4) is 5.75 Å². The normalized spacial score (nSPS) is 11.2. The van der Waals surface area contributed by atoms with Gasteiger partial charge in [0, 0.05) is 19.2 Å². The molecule has 7 nitrogen and oxygen atoms in total. The maximum Gasteiger partial charge on any atom is 0.270 e. The SMILES string of the molecule is CCOc1cccn2c(C(=O)NCCc3nc4ccc(F)cc4[nH]3)c(C)nc12. The number of aryl methyl sites for hydroxylation is 1. The first-order chi connectivity index (χ1) is 13.6. The van der Waals surface area contributed by atoms with Gasteiger partial charge in [-0.3, -0.25) is 9.20 Å². The van der Waals surface area contributed by atoms with E-state index in [9.17, 15) is 9.18 Å². The summed E-state index contributed by atoms with van der Waals surface area (Å²) in [5, 5.41) is 2.90. The summed E-state index contributed by atoms with van der Waals surface area (Å²) in [7, 11) is 0. The smallest absolute Gasteiger partial charge is 0.270 e. The van der Waals surface area contributed by atoms with E-state index < -0.39 is 0 Å². The first-order valence-electron chi connectivity index (χ1n) is 9.09. The van der Waals surface area contributed by atoms with Crippen LogP contribution in [0.5, 0.6) is 5.75 Å². The van der Waals surface area contributed by atoms with Gasteiger partial charge in [0.25, 0.3) is 5.91 Å². The second-order valence-electron chi connectivity index (χ2n) is 6.40. The summed E-state index contributed by atoms with van der Waals surface area (Å²) in [6.45, 7) is 4.61. The van der Waals surface area contributed by atoms with Crippen LogP contribution < -0.4 is 10.1 Å². The number of ether oxygens (including phenoxy) is 1. The molecule has 0 fully saturated rings. The first-order valence-corrected chi connectivity index (χ1v) is 9.09. The number of rotatable bonds is 6. The van der Waals surface area contributed by atoms with Gasteiger partial charge in [-0.25, -0.2) is 14.4 Å². The fourth-order valence-corrected chi connectivity index (χ4v) is 3.23. The number of nitrogens with zero attached hydrogens (tertiary/aromatic N) is 3. The molecule has 0 radical (unpaired) electrons. The van der Waals surface area contributed by atoms with Gasteiger partial charge in [-0.1, -0.05) is 0 Å². The molecular formula is C20H20FN5O2. The highest BCUT2D eigenvalue weighted by molar-refractivity contribution is 5.95. The average molecular weight is 381 g/mol. The number of hydrogen-bond donors (Lipinski definition) is 2. The predicted molar refractivity (Wildman–Crippen MR) is 103 cm³/mol. The van der Waals surface area contributed by atoms with Gasteiger partial charge in [0.2, 0.25) is 0 Å². The molecule has 0 spiro atoms. The molecule has 0 atom stereocenters. The molecule has 0 saturated carbocycles. The summed E-state index contributed by atoms with van der Waals surface area (Å²) in [6, 6.07) is 8.06. The minimum Gasteiger partial charge on any atom is -0.490 e. The van der Waals surface area contributed by atoms with E-state index in [-0.39, 0.29) is 11.7 Å². The number of aromatic amines is 1. The van der Waals surface area contributed by atoms with Crippen LogP contribution in [0.15, 0.2) is 36.5 Å². The van der Waals surface area contributed by atoms with Crippen molar-refractivity contribution in [2.75, 3.05) is 13.2 Å². The number of carbonyl (C=O) groups is 1. The lowest BCUT2D eigenvalue weighted by atomic mass is 10.3. The Labute approximate surface area is 160 Å². The summed E-state index contributed by atoms with van der Waals surface area (Å²) in [5.41, 5.74) is 3.06. The molecule has 0 saturated heterocycles. The van der Waals surface area contributed by atoms with Crippen molar-refractivity contribution >= 4 is 22.6 Å². The fourth-order valence-electron chi connectivity index (χ4n) is 3.23. The Hall–Kier alpha value is -3.42. The van der Waals surface area contributed by atoms with E-state index in [2.05, 4.69) is 20.3 Å². The molecule has 0 aliphatic rings. The summed E-state index contributed by atoms with van der Waals surface area (Å²) in [4.78, 5) is 24.7. The molecule has 28 heavy (non-hydrogen) atoms. The van der Waals surface area contributed by atoms with Gasteiger partial charge >= 0.3 is 0 Å². The number of benzene rings is 1. The Morgan fingerprint density at radius 1 is 1.32 bits per heavy atom. The lowest BCUT2D eigenvalue weighted by molar-refractivity contribution is 0.0947. The number of halogens is 1. The van der Waals surface area contributed by atoms with Crippen LogP contribution in [-0.2, 0) is 6.42 Å². The second kappa shape index (κ2) is 7.30. The van der Waals surface area contributed by atoms with E-state index in [1.807, 2.05) is 19.1 Å². The van der Waals surface area contributed by atoms with Gasteiger partial charge in [-0.15, -0.1) is 0 Å². The Morgan fingerprint density at radius 3 is 3.00 bits per heavy atom. The highest BCUT2D eigenvalue weighted by Gasteiger charge is 2.18. The van der Waals surface area contributed by atoms with E-state index in [4.69, 9.17) is 4.74 Å². The molecule has 4 rings (SSSR count). The summed E-state index contributed by atoms with van der Waals surface area (Å²) in [5.74, 6) is 0.794.